The van der Waals surface area contributed by atoms with Gasteiger partial charge in [-0.05, 0) is 84.0 Å². The van der Waals surface area contributed by atoms with Crippen molar-refractivity contribution in [3.63, 3.8) is 0 Å². The van der Waals surface area contributed by atoms with E-state index in [1.54, 1.807) is 0 Å². The highest BCUT2D eigenvalue weighted by molar-refractivity contribution is 5.93. The van der Waals surface area contributed by atoms with E-state index in [1.165, 1.54) is 45.9 Å². The van der Waals surface area contributed by atoms with Crippen molar-refractivity contribution in [2.24, 2.45) is 11.8 Å². The van der Waals surface area contributed by atoms with Gasteiger partial charge < -0.3 is 10.0 Å². The molecule has 3 nitrogen and oxygen atoms in total. The molecule has 0 bridgehead atoms. The zero-order valence-corrected chi connectivity index (χ0v) is 19.3. The van der Waals surface area contributed by atoms with Crippen LogP contribution in [-0.4, -0.2) is 35.6 Å². The second kappa shape index (κ2) is 10.1. The lowest BCUT2D eigenvalue weighted by Crippen LogP contribution is -2.39. The Morgan fingerprint density at radius 2 is 2.03 bits per heavy atom. The molecule has 0 amide bonds. The highest BCUT2D eigenvalue weighted by Gasteiger charge is 2.26. The molecule has 5 rings (SSSR count). The number of aliphatic carboxylic acids is 1. The lowest BCUT2D eigenvalue weighted by atomic mass is 9.84. The van der Waals surface area contributed by atoms with Gasteiger partial charge in [-0.3, -0.25) is 4.79 Å². The summed E-state index contributed by atoms with van der Waals surface area (Å²) in [7, 11) is 0. The first-order valence-electron chi connectivity index (χ1n) is 11.7. The molecule has 2 aliphatic carbocycles. The molecule has 1 saturated heterocycles. The fraction of sp³-hybridized carbons (Fsp3) is 0.393. The molecule has 1 unspecified atom stereocenters. The van der Waals surface area contributed by atoms with Crippen molar-refractivity contribution in [2.75, 3.05) is 19.6 Å². The normalized spacial score (nSPS) is 24.2. The summed E-state index contributed by atoms with van der Waals surface area (Å²) in [6.45, 7) is 2.63. The predicted molar refractivity (Wildman–Crippen MR) is 134 cm³/mol. The zero-order chi connectivity index (χ0) is 21.2. The molecule has 0 saturated carbocycles. The third-order valence-electron chi connectivity index (χ3n) is 7.25. The molecule has 2 aromatic rings. The van der Waals surface area contributed by atoms with E-state index in [4.69, 9.17) is 0 Å². The van der Waals surface area contributed by atoms with Crippen LogP contribution < -0.4 is 0 Å². The smallest absolute Gasteiger partial charge is 0.307 e. The number of fused-ring (bicyclic) bond motifs is 4. The maximum atomic E-state index is 11.4. The number of piperidine rings is 1. The van der Waals surface area contributed by atoms with Gasteiger partial charge in [-0.2, -0.15) is 0 Å². The Labute approximate surface area is 196 Å². The van der Waals surface area contributed by atoms with Gasteiger partial charge in [0.2, 0.25) is 0 Å². The van der Waals surface area contributed by atoms with E-state index < -0.39 is 5.97 Å². The largest absolute Gasteiger partial charge is 0.481 e. The van der Waals surface area contributed by atoms with Crippen molar-refractivity contribution in [3.8, 4) is 0 Å². The minimum absolute atomic E-state index is 0. The SMILES string of the molecule is Cl.O=C(O)[C@@H]1CCCN(CCC=C2C=C3C=CCCC3Cc3c2ccc2ccccc32)C1. The van der Waals surface area contributed by atoms with Crippen LogP contribution in [0.25, 0.3) is 16.3 Å². The molecule has 0 radical (unpaired) electrons. The molecule has 4 heteroatoms. The van der Waals surface area contributed by atoms with Gasteiger partial charge >= 0.3 is 5.97 Å². The Bertz CT molecular complexity index is 1080. The molecule has 3 aliphatic rings. The average Bonchev–Trinajstić information content (AvgIpc) is 2.96. The van der Waals surface area contributed by atoms with E-state index in [9.17, 15) is 9.90 Å². The minimum Gasteiger partial charge on any atom is -0.481 e. The molecule has 0 aromatic heterocycles. The van der Waals surface area contributed by atoms with Gasteiger partial charge in [0.15, 0.2) is 0 Å². The third kappa shape index (κ3) is 4.69. The van der Waals surface area contributed by atoms with Crippen LogP contribution >= 0.6 is 12.4 Å². The number of nitrogens with zero attached hydrogens (tertiary/aromatic N) is 1. The first-order chi connectivity index (χ1) is 15.2. The van der Waals surface area contributed by atoms with Gasteiger partial charge in [-0.15, -0.1) is 12.4 Å². The fourth-order valence-corrected chi connectivity index (χ4v) is 5.57. The summed E-state index contributed by atoms with van der Waals surface area (Å²) >= 11 is 0. The number of carboxylic acid groups (broad SMARTS) is 1. The van der Waals surface area contributed by atoms with E-state index in [0.717, 1.165) is 38.8 Å². The topological polar surface area (TPSA) is 40.5 Å². The Morgan fingerprint density at radius 1 is 1.16 bits per heavy atom. The van der Waals surface area contributed by atoms with Gasteiger partial charge in [0, 0.05) is 13.1 Å². The summed E-state index contributed by atoms with van der Waals surface area (Å²) in [5.41, 5.74) is 5.65. The standard InChI is InChI=1S/C28H31NO2.ClH/c30-28(31)24-11-6-16-29(19-24)15-5-10-23-17-21-8-1-2-9-22(21)18-27-25-12-4-3-7-20(25)13-14-26(23)27;/h1,3-4,7-8,10,12-14,17,22,24H,2,5-6,9,11,15-16,18-19H2,(H,30,31);1H/t22?,24-;/m1./s1. The minimum atomic E-state index is -0.646. The van der Waals surface area contributed by atoms with Gasteiger partial charge in [0.25, 0.3) is 0 Å². The maximum absolute atomic E-state index is 11.4. The second-order valence-electron chi connectivity index (χ2n) is 9.26. The van der Waals surface area contributed by atoms with Gasteiger partial charge in [0.1, 0.15) is 0 Å². The average molecular weight is 450 g/mol. The lowest BCUT2D eigenvalue weighted by molar-refractivity contribution is -0.143. The summed E-state index contributed by atoms with van der Waals surface area (Å²) in [4.78, 5) is 13.7. The number of hydrogen-bond donors (Lipinski definition) is 1. The van der Waals surface area contributed by atoms with Crippen LogP contribution in [0.15, 0.2) is 66.3 Å². The molecule has 2 aromatic carbocycles. The van der Waals surface area contributed by atoms with Crippen molar-refractivity contribution >= 4 is 34.7 Å². The number of carboxylic acids is 1. The number of carbonyl (C=O) groups is 1. The van der Waals surface area contributed by atoms with Crippen molar-refractivity contribution < 1.29 is 9.90 Å². The summed E-state index contributed by atoms with van der Waals surface area (Å²) in [5.74, 6) is -0.256. The molecular formula is C28H32ClNO2. The number of hydrogen-bond acceptors (Lipinski definition) is 2. The predicted octanol–water partition coefficient (Wildman–Crippen LogP) is 6.28. The second-order valence-corrected chi connectivity index (χ2v) is 9.26. The monoisotopic (exact) mass is 449 g/mol. The van der Waals surface area contributed by atoms with Gasteiger partial charge in [0.05, 0.1) is 5.92 Å². The molecule has 0 spiro atoms. The maximum Gasteiger partial charge on any atom is 0.307 e. The first kappa shape index (κ1) is 22.8. The molecular weight excluding hydrogens is 418 g/mol. The highest BCUT2D eigenvalue weighted by atomic mass is 35.5. The highest BCUT2D eigenvalue weighted by Crippen LogP contribution is 2.39. The summed E-state index contributed by atoms with van der Waals surface area (Å²) in [5, 5.41) is 12.1. The Hall–Kier alpha value is -2.36. The third-order valence-corrected chi connectivity index (χ3v) is 7.25. The van der Waals surface area contributed by atoms with Gasteiger partial charge in [-0.25, -0.2) is 0 Å². The van der Waals surface area contributed by atoms with Gasteiger partial charge in [-0.1, -0.05) is 60.7 Å². The van der Waals surface area contributed by atoms with Crippen molar-refractivity contribution in [1.29, 1.82) is 0 Å². The van der Waals surface area contributed by atoms with Crippen LogP contribution in [0.4, 0.5) is 0 Å². The molecule has 1 aliphatic heterocycles. The molecule has 32 heavy (non-hydrogen) atoms. The van der Waals surface area contributed by atoms with Crippen LogP contribution in [-0.2, 0) is 11.2 Å². The van der Waals surface area contributed by atoms with Crippen molar-refractivity contribution in [2.45, 2.75) is 38.5 Å². The molecule has 1 N–H and O–H groups in total. The van der Waals surface area contributed by atoms with E-state index in [0.29, 0.717) is 12.5 Å². The van der Waals surface area contributed by atoms with Crippen LogP contribution in [0.5, 0.6) is 0 Å². The summed E-state index contributed by atoms with van der Waals surface area (Å²) in [6.07, 6.45) is 15.7. The van der Waals surface area contributed by atoms with E-state index in [1.807, 2.05) is 0 Å². The Morgan fingerprint density at radius 3 is 2.91 bits per heavy atom. The van der Waals surface area contributed by atoms with Crippen LogP contribution in [0.1, 0.15) is 43.2 Å². The Kier molecular flexibility index (Phi) is 7.17. The number of allylic oxidation sites excluding steroid dienone is 5. The van der Waals surface area contributed by atoms with E-state index in [2.05, 4.69) is 65.6 Å². The fourth-order valence-electron chi connectivity index (χ4n) is 5.57. The number of benzene rings is 2. The van der Waals surface area contributed by atoms with Crippen LogP contribution in [0.3, 0.4) is 0 Å². The Balaban J connectivity index is 0.00000245. The number of halogens is 1. The van der Waals surface area contributed by atoms with Crippen molar-refractivity contribution in [3.05, 3.63) is 77.4 Å². The number of likely N-dealkylation sites (tertiary alicyclic amines) is 1. The molecule has 2 atom stereocenters. The summed E-state index contributed by atoms with van der Waals surface area (Å²) in [6, 6.07) is 13.3. The first-order valence-corrected chi connectivity index (χ1v) is 11.7. The van der Waals surface area contributed by atoms with E-state index in [-0.39, 0.29) is 18.3 Å². The lowest BCUT2D eigenvalue weighted by Gasteiger charge is -2.30. The van der Waals surface area contributed by atoms with Crippen LogP contribution in [0, 0.1) is 11.8 Å². The van der Waals surface area contributed by atoms with Crippen LogP contribution in [0.2, 0.25) is 0 Å². The summed E-state index contributed by atoms with van der Waals surface area (Å²) < 4.78 is 0. The number of rotatable bonds is 4. The molecule has 1 heterocycles. The van der Waals surface area contributed by atoms with Crippen molar-refractivity contribution in [1.82, 2.24) is 4.90 Å². The van der Waals surface area contributed by atoms with E-state index >= 15 is 0 Å². The quantitative estimate of drug-likeness (QED) is 0.597. The molecule has 1 fully saturated rings. The zero-order valence-electron chi connectivity index (χ0n) is 18.5. The molecule has 168 valence electrons.